The van der Waals surface area contributed by atoms with Crippen molar-refractivity contribution < 1.29 is 14.7 Å². The molecule has 1 aliphatic heterocycles. The van der Waals surface area contributed by atoms with E-state index < -0.39 is 5.60 Å². The van der Waals surface area contributed by atoms with Crippen molar-refractivity contribution in [3.8, 4) is 0 Å². The second kappa shape index (κ2) is 11.0. The van der Waals surface area contributed by atoms with Crippen molar-refractivity contribution in [1.29, 1.82) is 0 Å². The maximum atomic E-state index is 12.6. The Kier molecular flexibility index (Phi) is 8.69. The zero-order valence-electron chi connectivity index (χ0n) is 21.2. The fourth-order valence-electron chi connectivity index (χ4n) is 5.01. The maximum absolute atomic E-state index is 12.6. The number of aliphatic hydroxyl groups is 1. The van der Waals surface area contributed by atoms with Crippen molar-refractivity contribution in [1.82, 2.24) is 10.7 Å². The Hall–Kier alpha value is -1.64. The SMILES string of the molecule is CCCNC(=O)c1ccc(C(=O)N/N=C(\C)C2=CSC(C3CCC(C(C)(C)C)CC3)C2(C)O)s1. The quantitative estimate of drug-likeness (QED) is 0.332. The number of hydrazone groups is 1. The molecule has 0 bridgehead atoms. The normalized spacial score (nSPS) is 27.9. The summed E-state index contributed by atoms with van der Waals surface area (Å²) in [5, 5.41) is 20.7. The molecule has 8 heteroatoms. The summed E-state index contributed by atoms with van der Waals surface area (Å²) in [6.07, 6.45) is 5.54. The third kappa shape index (κ3) is 6.13. The van der Waals surface area contributed by atoms with Crippen LogP contribution in [0.1, 0.15) is 93.0 Å². The van der Waals surface area contributed by atoms with Crippen LogP contribution >= 0.6 is 23.1 Å². The van der Waals surface area contributed by atoms with Gasteiger partial charge in [-0.1, -0.05) is 27.7 Å². The Morgan fingerprint density at radius 2 is 1.76 bits per heavy atom. The number of thiophene rings is 1. The molecule has 2 aliphatic rings. The molecule has 188 valence electrons. The molecule has 1 aromatic rings. The van der Waals surface area contributed by atoms with E-state index in [2.05, 4.69) is 36.6 Å². The van der Waals surface area contributed by atoms with Crippen LogP contribution in [0.25, 0.3) is 0 Å². The van der Waals surface area contributed by atoms with Crippen LogP contribution in [0.5, 0.6) is 0 Å². The molecule has 3 rings (SSSR count). The Balaban J connectivity index is 1.59. The highest BCUT2D eigenvalue weighted by Gasteiger charge is 2.46. The molecule has 2 amide bonds. The van der Waals surface area contributed by atoms with Crippen molar-refractivity contribution >= 4 is 40.6 Å². The first kappa shape index (κ1) is 27.0. The Labute approximate surface area is 212 Å². The van der Waals surface area contributed by atoms with Crippen molar-refractivity contribution in [2.75, 3.05) is 6.54 Å². The zero-order valence-corrected chi connectivity index (χ0v) is 22.9. The lowest BCUT2D eigenvalue weighted by molar-refractivity contribution is 0.0643. The van der Waals surface area contributed by atoms with Gasteiger partial charge in [-0.2, -0.15) is 5.10 Å². The fraction of sp³-hybridized carbons (Fsp3) is 0.654. The molecule has 0 saturated heterocycles. The standard InChI is InChI=1S/C26H39N3O3S2/c1-7-14-27-23(30)20-12-13-21(34-20)24(31)29-28-16(2)19-15-33-22(26(19,6)32)17-8-10-18(11-9-17)25(3,4)5/h12-13,15,17-18,22,32H,7-11,14H2,1-6H3,(H,27,30)(H,29,31)/b28-16+. The average Bonchev–Trinajstić information content (AvgIpc) is 3.39. The molecule has 1 fully saturated rings. The molecule has 2 unspecified atom stereocenters. The van der Waals surface area contributed by atoms with Crippen LogP contribution in [0.3, 0.4) is 0 Å². The van der Waals surface area contributed by atoms with Gasteiger partial charge >= 0.3 is 0 Å². The molecule has 1 aromatic heterocycles. The molecule has 0 radical (unpaired) electrons. The van der Waals surface area contributed by atoms with Gasteiger partial charge in [0.2, 0.25) is 0 Å². The van der Waals surface area contributed by atoms with Crippen LogP contribution < -0.4 is 10.7 Å². The number of hydrogen-bond acceptors (Lipinski definition) is 6. The molecule has 2 atom stereocenters. The summed E-state index contributed by atoms with van der Waals surface area (Å²) in [5.74, 6) is 0.679. The first-order valence-corrected chi connectivity index (χ1v) is 14.0. The zero-order chi connectivity index (χ0) is 25.1. The highest BCUT2D eigenvalue weighted by Crippen LogP contribution is 2.49. The third-order valence-electron chi connectivity index (χ3n) is 7.16. The van der Waals surface area contributed by atoms with Gasteiger partial charge in [-0.05, 0) is 80.7 Å². The van der Waals surface area contributed by atoms with E-state index in [1.165, 1.54) is 12.8 Å². The van der Waals surface area contributed by atoms with Crippen LogP contribution in [0.4, 0.5) is 0 Å². The highest BCUT2D eigenvalue weighted by molar-refractivity contribution is 8.03. The van der Waals surface area contributed by atoms with Crippen LogP contribution in [-0.4, -0.2) is 40.0 Å². The minimum atomic E-state index is -0.990. The number of carbonyl (C=O) groups is 2. The summed E-state index contributed by atoms with van der Waals surface area (Å²) in [6.45, 7) is 13.3. The van der Waals surface area contributed by atoms with Crippen LogP contribution in [-0.2, 0) is 0 Å². The minimum Gasteiger partial charge on any atom is -0.384 e. The summed E-state index contributed by atoms with van der Waals surface area (Å²) in [6, 6.07) is 3.29. The van der Waals surface area contributed by atoms with Gasteiger partial charge in [0.15, 0.2) is 0 Å². The summed E-state index contributed by atoms with van der Waals surface area (Å²) < 4.78 is 0. The van der Waals surface area contributed by atoms with Crippen molar-refractivity contribution in [2.45, 2.75) is 84.5 Å². The Morgan fingerprint density at radius 1 is 1.15 bits per heavy atom. The number of rotatable bonds is 7. The van der Waals surface area contributed by atoms with Crippen molar-refractivity contribution in [3.05, 3.63) is 32.9 Å². The number of carbonyl (C=O) groups excluding carboxylic acids is 2. The molecule has 0 aromatic carbocycles. The van der Waals surface area contributed by atoms with Gasteiger partial charge in [0.05, 0.1) is 15.5 Å². The monoisotopic (exact) mass is 505 g/mol. The minimum absolute atomic E-state index is 0.103. The van der Waals surface area contributed by atoms with E-state index >= 15 is 0 Å². The van der Waals surface area contributed by atoms with Crippen LogP contribution in [0.15, 0.2) is 28.2 Å². The summed E-state index contributed by atoms with van der Waals surface area (Å²) in [4.78, 5) is 25.6. The second-order valence-electron chi connectivity index (χ2n) is 10.8. The molecular weight excluding hydrogens is 466 g/mol. The van der Waals surface area contributed by atoms with Gasteiger partial charge < -0.3 is 10.4 Å². The lowest BCUT2D eigenvalue weighted by Gasteiger charge is -2.41. The number of hydrogen-bond donors (Lipinski definition) is 3. The van der Waals surface area contributed by atoms with E-state index in [9.17, 15) is 14.7 Å². The molecule has 0 spiro atoms. The largest absolute Gasteiger partial charge is 0.384 e. The predicted octanol–water partition coefficient (Wildman–Crippen LogP) is 5.60. The van der Waals surface area contributed by atoms with E-state index in [1.54, 1.807) is 23.9 Å². The summed E-state index contributed by atoms with van der Waals surface area (Å²) in [7, 11) is 0. The van der Waals surface area contributed by atoms with Crippen LogP contribution in [0.2, 0.25) is 0 Å². The molecule has 2 heterocycles. The first-order valence-electron chi connectivity index (χ1n) is 12.3. The van der Waals surface area contributed by atoms with Crippen LogP contribution in [0, 0.1) is 17.3 Å². The molecule has 6 nitrogen and oxygen atoms in total. The van der Waals surface area contributed by atoms with Gasteiger partial charge in [-0.15, -0.1) is 23.1 Å². The lowest BCUT2D eigenvalue weighted by Crippen LogP contribution is -2.44. The molecule has 1 saturated carbocycles. The number of thioether (sulfide) groups is 1. The second-order valence-corrected chi connectivity index (χ2v) is 12.9. The fourth-order valence-corrected chi connectivity index (χ4v) is 7.40. The van der Waals surface area contributed by atoms with E-state index in [-0.39, 0.29) is 17.1 Å². The summed E-state index contributed by atoms with van der Waals surface area (Å²) in [5.41, 5.74) is 3.31. The molecule has 34 heavy (non-hydrogen) atoms. The average molecular weight is 506 g/mol. The van der Waals surface area contributed by atoms with E-state index in [0.29, 0.717) is 33.3 Å². The Bertz CT molecular complexity index is 951. The highest BCUT2D eigenvalue weighted by atomic mass is 32.2. The third-order valence-corrected chi connectivity index (χ3v) is 9.75. The maximum Gasteiger partial charge on any atom is 0.281 e. The van der Waals surface area contributed by atoms with Gasteiger partial charge in [0.25, 0.3) is 11.8 Å². The van der Waals surface area contributed by atoms with Crippen molar-refractivity contribution in [3.63, 3.8) is 0 Å². The lowest BCUT2D eigenvalue weighted by atomic mass is 9.67. The predicted molar refractivity (Wildman–Crippen MR) is 143 cm³/mol. The molecule has 1 aliphatic carbocycles. The van der Waals surface area contributed by atoms with E-state index in [0.717, 1.165) is 42.1 Å². The summed E-state index contributed by atoms with van der Waals surface area (Å²) >= 11 is 2.84. The van der Waals surface area contributed by atoms with Gasteiger partial charge in [0.1, 0.15) is 5.60 Å². The number of nitrogens with one attached hydrogen (secondary N) is 2. The van der Waals surface area contributed by atoms with E-state index in [1.807, 2.05) is 26.2 Å². The van der Waals surface area contributed by atoms with Crippen molar-refractivity contribution in [2.24, 2.45) is 22.4 Å². The van der Waals surface area contributed by atoms with Gasteiger partial charge in [-0.25, -0.2) is 5.43 Å². The van der Waals surface area contributed by atoms with E-state index in [4.69, 9.17) is 0 Å². The Morgan fingerprint density at radius 3 is 2.35 bits per heavy atom. The molecular formula is C26H39N3O3S2. The number of amides is 2. The molecule has 3 N–H and O–H groups in total. The topological polar surface area (TPSA) is 90.8 Å². The first-order chi connectivity index (χ1) is 15.9. The number of nitrogens with zero attached hydrogens (tertiary/aromatic N) is 1. The van der Waals surface area contributed by atoms with Gasteiger partial charge in [-0.3, -0.25) is 9.59 Å². The smallest absolute Gasteiger partial charge is 0.281 e. The van der Waals surface area contributed by atoms with Gasteiger partial charge in [0, 0.05) is 17.4 Å².